The highest BCUT2D eigenvalue weighted by molar-refractivity contribution is 9.10. The van der Waals surface area contributed by atoms with Crippen molar-refractivity contribution in [2.24, 2.45) is 5.73 Å². The monoisotopic (exact) mass is 330 g/mol. The summed E-state index contributed by atoms with van der Waals surface area (Å²) in [5, 5.41) is 12.5. The van der Waals surface area contributed by atoms with Crippen LogP contribution in [0.1, 0.15) is 32.4 Å². The fraction of sp³-hybridized carbons (Fsp3) is 0.462. The van der Waals surface area contributed by atoms with Crippen molar-refractivity contribution >= 4 is 22.0 Å². The van der Waals surface area contributed by atoms with Crippen LogP contribution in [-0.4, -0.2) is 23.3 Å². The van der Waals surface area contributed by atoms with E-state index in [1.807, 2.05) is 0 Å². The van der Waals surface area contributed by atoms with Gasteiger partial charge in [0.2, 0.25) is 0 Å². The Morgan fingerprint density at radius 2 is 2.16 bits per heavy atom. The van der Waals surface area contributed by atoms with Crippen molar-refractivity contribution in [3.05, 3.63) is 28.2 Å². The minimum Gasteiger partial charge on any atom is -0.508 e. The van der Waals surface area contributed by atoms with E-state index in [2.05, 4.69) is 21.2 Å². The Morgan fingerprint density at radius 3 is 2.63 bits per heavy atom. The predicted molar refractivity (Wildman–Crippen MR) is 77.0 cm³/mol. The standard InChI is InChI=1S/C13H19BrN2O3/c1-13(2,3)19-12(18)16-10(7-15)9-5-4-8(14)6-11(9)17/h4-6,10,17H,7,15H2,1-3H3,(H,16,18). The molecule has 5 nitrogen and oxygen atoms in total. The summed E-state index contributed by atoms with van der Waals surface area (Å²) in [4.78, 5) is 11.7. The average Bonchev–Trinajstić information content (AvgIpc) is 2.24. The van der Waals surface area contributed by atoms with Crippen LogP contribution in [0.2, 0.25) is 0 Å². The van der Waals surface area contributed by atoms with Gasteiger partial charge in [0.25, 0.3) is 0 Å². The summed E-state index contributed by atoms with van der Waals surface area (Å²) in [7, 11) is 0. The molecule has 1 atom stereocenters. The number of amides is 1. The van der Waals surface area contributed by atoms with Crippen LogP contribution in [0.25, 0.3) is 0 Å². The van der Waals surface area contributed by atoms with Crippen molar-refractivity contribution in [1.29, 1.82) is 0 Å². The van der Waals surface area contributed by atoms with Gasteiger partial charge in [-0.2, -0.15) is 0 Å². The lowest BCUT2D eigenvalue weighted by Crippen LogP contribution is -2.37. The Kier molecular flexibility index (Phi) is 5.20. The second kappa shape index (κ2) is 6.25. The van der Waals surface area contributed by atoms with Crippen molar-refractivity contribution in [3.8, 4) is 5.75 Å². The van der Waals surface area contributed by atoms with Gasteiger partial charge in [0.15, 0.2) is 0 Å². The number of phenolic OH excluding ortho intramolecular Hbond substituents is 1. The van der Waals surface area contributed by atoms with Gasteiger partial charge in [-0.1, -0.05) is 22.0 Å². The number of ether oxygens (including phenoxy) is 1. The molecule has 0 spiro atoms. The number of carbonyl (C=O) groups is 1. The molecule has 0 saturated heterocycles. The third-order valence-electron chi connectivity index (χ3n) is 2.29. The summed E-state index contributed by atoms with van der Waals surface area (Å²) in [6, 6.07) is 4.53. The van der Waals surface area contributed by atoms with Crippen LogP contribution >= 0.6 is 15.9 Å². The van der Waals surface area contributed by atoms with Crippen molar-refractivity contribution in [1.82, 2.24) is 5.32 Å². The number of hydrogen-bond acceptors (Lipinski definition) is 4. The first-order chi connectivity index (χ1) is 8.73. The number of rotatable bonds is 3. The zero-order valence-corrected chi connectivity index (χ0v) is 12.8. The maximum absolute atomic E-state index is 11.7. The summed E-state index contributed by atoms with van der Waals surface area (Å²) in [5.74, 6) is 0.0703. The third-order valence-corrected chi connectivity index (χ3v) is 2.79. The Bertz CT molecular complexity index is 458. The summed E-state index contributed by atoms with van der Waals surface area (Å²) in [5.41, 5.74) is 5.60. The second-order valence-corrected chi connectivity index (χ2v) is 6.05. The molecule has 4 N–H and O–H groups in total. The molecule has 0 aliphatic carbocycles. The molecule has 1 aromatic rings. The van der Waals surface area contributed by atoms with Crippen LogP contribution < -0.4 is 11.1 Å². The van der Waals surface area contributed by atoms with Gasteiger partial charge in [0.05, 0.1) is 6.04 Å². The molecule has 6 heteroatoms. The molecular formula is C13H19BrN2O3. The first-order valence-corrected chi connectivity index (χ1v) is 6.70. The van der Waals surface area contributed by atoms with Gasteiger partial charge in [-0.05, 0) is 32.9 Å². The smallest absolute Gasteiger partial charge is 0.408 e. The normalized spacial score (nSPS) is 12.9. The molecular weight excluding hydrogens is 312 g/mol. The van der Waals surface area contributed by atoms with E-state index in [1.54, 1.807) is 39.0 Å². The van der Waals surface area contributed by atoms with Crippen molar-refractivity contribution < 1.29 is 14.6 Å². The Hall–Kier alpha value is -1.27. The lowest BCUT2D eigenvalue weighted by molar-refractivity contribution is 0.0505. The largest absolute Gasteiger partial charge is 0.508 e. The number of aromatic hydroxyl groups is 1. The van der Waals surface area contributed by atoms with Crippen molar-refractivity contribution in [2.45, 2.75) is 32.4 Å². The van der Waals surface area contributed by atoms with Gasteiger partial charge in [0, 0.05) is 16.6 Å². The summed E-state index contributed by atoms with van der Waals surface area (Å²) in [6.45, 7) is 5.50. The quantitative estimate of drug-likeness (QED) is 0.795. The topological polar surface area (TPSA) is 84.6 Å². The van der Waals surface area contributed by atoms with Crippen LogP contribution in [0, 0.1) is 0 Å². The summed E-state index contributed by atoms with van der Waals surface area (Å²) >= 11 is 3.25. The summed E-state index contributed by atoms with van der Waals surface area (Å²) in [6.07, 6.45) is -0.565. The Balaban J connectivity index is 2.81. The molecule has 19 heavy (non-hydrogen) atoms. The van der Waals surface area contributed by atoms with Gasteiger partial charge in [-0.25, -0.2) is 4.79 Å². The van der Waals surface area contributed by atoms with Crippen LogP contribution in [0.5, 0.6) is 5.75 Å². The fourth-order valence-electron chi connectivity index (χ4n) is 1.52. The molecule has 1 rings (SSSR count). The van der Waals surface area contributed by atoms with E-state index in [4.69, 9.17) is 10.5 Å². The van der Waals surface area contributed by atoms with Gasteiger partial charge in [0.1, 0.15) is 11.4 Å². The predicted octanol–water partition coefficient (Wildman–Crippen LogP) is 2.68. The van der Waals surface area contributed by atoms with E-state index < -0.39 is 17.7 Å². The second-order valence-electron chi connectivity index (χ2n) is 5.14. The maximum atomic E-state index is 11.7. The van der Waals surface area contributed by atoms with E-state index >= 15 is 0 Å². The first kappa shape index (κ1) is 15.8. The molecule has 0 aliphatic heterocycles. The van der Waals surface area contributed by atoms with Crippen LogP contribution in [0.15, 0.2) is 22.7 Å². The molecule has 1 aromatic carbocycles. The number of benzene rings is 1. The molecule has 1 amide bonds. The van der Waals surface area contributed by atoms with Crippen LogP contribution in [-0.2, 0) is 4.74 Å². The SMILES string of the molecule is CC(C)(C)OC(=O)NC(CN)c1ccc(Br)cc1O. The Labute approximate surface area is 121 Å². The van der Waals surface area contributed by atoms with E-state index in [9.17, 15) is 9.90 Å². The number of nitrogens with one attached hydrogen (secondary N) is 1. The van der Waals surface area contributed by atoms with Crippen molar-refractivity contribution in [2.75, 3.05) is 6.54 Å². The first-order valence-electron chi connectivity index (χ1n) is 5.91. The average molecular weight is 331 g/mol. The minimum absolute atomic E-state index is 0.0703. The molecule has 1 unspecified atom stereocenters. The molecule has 0 radical (unpaired) electrons. The molecule has 0 fully saturated rings. The third kappa shape index (κ3) is 5.08. The van der Waals surface area contributed by atoms with Crippen molar-refractivity contribution in [3.63, 3.8) is 0 Å². The molecule has 0 bridgehead atoms. The number of phenols is 1. The van der Waals surface area contributed by atoms with Gasteiger partial charge in [-0.3, -0.25) is 0 Å². The molecule has 0 aliphatic rings. The molecule has 0 saturated carbocycles. The lowest BCUT2D eigenvalue weighted by atomic mass is 10.1. The highest BCUT2D eigenvalue weighted by Crippen LogP contribution is 2.27. The van der Waals surface area contributed by atoms with Gasteiger partial charge in [-0.15, -0.1) is 0 Å². The van der Waals surface area contributed by atoms with E-state index in [1.165, 1.54) is 0 Å². The fourth-order valence-corrected chi connectivity index (χ4v) is 1.87. The highest BCUT2D eigenvalue weighted by Gasteiger charge is 2.21. The number of alkyl carbamates (subject to hydrolysis) is 1. The Morgan fingerprint density at radius 1 is 1.53 bits per heavy atom. The van der Waals surface area contributed by atoms with E-state index in [0.717, 1.165) is 4.47 Å². The number of nitrogens with two attached hydrogens (primary N) is 1. The van der Waals surface area contributed by atoms with Crippen LogP contribution in [0.4, 0.5) is 4.79 Å². The molecule has 106 valence electrons. The number of hydrogen-bond donors (Lipinski definition) is 3. The number of halogens is 1. The zero-order chi connectivity index (χ0) is 14.6. The van der Waals surface area contributed by atoms with Crippen LogP contribution in [0.3, 0.4) is 0 Å². The zero-order valence-electron chi connectivity index (χ0n) is 11.2. The summed E-state index contributed by atoms with van der Waals surface area (Å²) < 4.78 is 5.91. The molecule has 0 aromatic heterocycles. The van der Waals surface area contributed by atoms with E-state index in [0.29, 0.717) is 5.56 Å². The highest BCUT2D eigenvalue weighted by atomic mass is 79.9. The van der Waals surface area contributed by atoms with Gasteiger partial charge < -0.3 is 20.9 Å². The maximum Gasteiger partial charge on any atom is 0.408 e. The van der Waals surface area contributed by atoms with Gasteiger partial charge >= 0.3 is 6.09 Å². The molecule has 0 heterocycles. The number of carbonyl (C=O) groups excluding carboxylic acids is 1. The van der Waals surface area contributed by atoms with E-state index in [-0.39, 0.29) is 12.3 Å². The lowest BCUT2D eigenvalue weighted by Gasteiger charge is -2.23. The minimum atomic E-state index is -0.578.